The molecule has 4 N–H and O–H groups in total. The molecule has 0 unspecified atom stereocenters. The number of anilines is 3. The molecule has 9 heteroatoms. The first kappa shape index (κ1) is 19.1. The van der Waals surface area contributed by atoms with Crippen molar-refractivity contribution in [3.05, 3.63) is 30.5 Å². The van der Waals surface area contributed by atoms with E-state index in [1.807, 2.05) is 12.1 Å². The molecule has 3 heterocycles. The molecule has 1 saturated carbocycles. The van der Waals surface area contributed by atoms with Crippen LogP contribution in [0.5, 0.6) is 5.88 Å². The van der Waals surface area contributed by atoms with Gasteiger partial charge in [-0.1, -0.05) is 0 Å². The summed E-state index contributed by atoms with van der Waals surface area (Å²) in [5.41, 5.74) is 8.78. The van der Waals surface area contributed by atoms with Gasteiger partial charge in [0.15, 0.2) is 5.65 Å². The fraction of sp³-hybridized carbons (Fsp3) is 0.476. The Kier molecular flexibility index (Phi) is 5.37. The second-order valence-electron chi connectivity index (χ2n) is 7.91. The molecule has 2 aliphatic rings. The molecule has 0 spiro atoms. The molecule has 2 aromatic heterocycles. The molecule has 3 aromatic rings. The quantitative estimate of drug-likeness (QED) is 0.589. The predicted octanol–water partition coefficient (Wildman–Crippen LogP) is 2.58. The van der Waals surface area contributed by atoms with Crippen LogP contribution in [0.3, 0.4) is 0 Å². The zero-order chi connectivity index (χ0) is 20.3. The van der Waals surface area contributed by atoms with E-state index in [9.17, 15) is 0 Å². The van der Waals surface area contributed by atoms with Crippen LogP contribution < -0.4 is 20.7 Å². The van der Waals surface area contributed by atoms with Gasteiger partial charge >= 0.3 is 0 Å². The van der Waals surface area contributed by atoms with Crippen molar-refractivity contribution in [1.29, 1.82) is 0 Å². The largest absolute Gasteiger partial charge is 0.474 e. The van der Waals surface area contributed by atoms with Crippen molar-refractivity contribution in [2.45, 2.75) is 37.8 Å². The highest BCUT2D eigenvalue weighted by molar-refractivity contribution is 5.81. The predicted molar refractivity (Wildman–Crippen MR) is 115 cm³/mol. The number of hydrogen-bond donors (Lipinski definition) is 3. The lowest BCUT2D eigenvalue weighted by atomic mass is 9.94. The highest BCUT2D eigenvalue weighted by Crippen LogP contribution is 2.29. The van der Waals surface area contributed by atoms with Crippen LogP contribution in [0.2, 0.25) is 0 Å². The SMILES string of the molecule is NC1CCC(Oc2nc(Nc3ccc(N4CCOCC4)cc3)nc3[nH]ncc23)CC1. The monoisotopic (exact) mass is 409 g/mol. The molecule has 1 saturated heterocycles. The van der Waals surface area contributed by atoms with Crippen LogP contribution in [0.15, 0.2) is 30.5 Å². The van der Waals surface area contributed by atoms with Crippen molar-refractivity contribution in [1.82, 2.24) is 20.2 Å². The summed E-state index contributed by atoms with van der Waals surface area (Å²) in [4.78, 5) is 11.5. The van der Waals surface area contributed by atoms with Crippen molar-refractivity contribution in [3.63, 3.8) is 0 Å². The summed E-state index contributed by atoms with van der Waals surface area (Å²) in [7, 11) is 0. The average molecular weight is 409 g/mol. The Hall–Kier alpha value is -2.91. The molecule has 158 valence electrons. The Morgan fingerprint density at radius 2 is 1.83 bits per heavy atom. The van der Waals surface area contributed by atoms with Gasteiger partial charge in [-0.25, -0.2) is 0 Å². The van der Waals surface area contributed by atoms with Crippen molar-refractivity contribution in [2.75, 3.05) is 36.5 Å². The van der Waals surface area contributed by atoms with Crippen LogP contribution in [-0.2, 0) is 4.74 Å². The maximum atomic E-state index is 6.23. The van der Waals surface area contributed by atoms with E-state index in [-0.39, 0.29) is 12.1 Å². The van der Waals surface area contributed by atoms with Gasteiger partial charge in [-0.3, -0.25) is 5.10 Å². The van der Waals surface area contributed by atoms with Crippen LogP contribution in [-0.4, -0.2) is 58.6 Å². The van der Waals surface area contributed by atoms with Gasteiger partial charge in [0.05, 0.1) is 19.4 Å². The number of nitrogens with two attached hydrogens (primary N) is 1. The molecule has 9 nitrogen and oxygen atoms in total. The zero-order valence-corrected chi connectivity index (χ0v) is 16.9. The Morgan fingerprint density at radius 3 is 2.60 bits per heavy atom. The number of aromatic nitrogens is 4. The minimum atomic E-state index is 0.124. The number of nitrogens with zero attached hydrogens (tertiary/aromatic N) is 4. The summed E-state index contributed by atoms with van der Waals surface area (Å²) in [6.45, 7) is 3.37. The van der Waals surface area contributed by atoms with Gasteiger partial charge in [-0.2, -0.15) is 15.1 Å². The van der Waals surface area contributed by atoms with E-state index in [1.165, 1.54) is 5.69 Å². The van der Waals surface area contributed by atoms with Crippen molar-refractivity contribution < 1.29 is 9.47 Å². The van der Waals surface area contributed by atoms with E-state index in [4.69, 9.17) is 15.2 Å². The molecule has 1 aliphatic heterocycles. The van der Waals surface area contributed by atoms with E-state index in [2.05, 4.69) is 42.5 Å². The summed E-state index contributed by atoms with van der Waals surface area (Å²) in [5.74, 6) is 1.04. The third-order valence-electron chi connectivity index (χ3n) is 5.77. The fourth-order valence-corrected chi connectivity index (χ4v) is 4.02. The summed E-state index contributed by atoms with van der Waals surface area (Å²) < 4.78 is 11.7. The lowest BCUT2D eigenvalue weighted by Gasteiger charge is -2.28. The van der Waals surface area contributed by atoms with E-state index < -0.39 is 0 Å². The second kappa shape index (κ2) is 8.45. The van der Waals surface area contributed by atoms with Gasteiger partial charge in [-0.15, -0.1) is 0 Å². The lowest BCUT2D eigenvalue weighted by Crippen LogP contribution is -2.36. The topological polar surface area (TPSA) is 114 Å². The molecule has 0 atom stereocenters. The van der Waals surface area contributed by atoms with E-state index in [0.29, 0.717) is 17.5 Å². The number of ether oxygens (including phenoxy) is 2. The fourth-order valence-electron chi connectivity index (χ4n) is 4.02. The van der Waals surface area contributed by atoms with Crippen LogP contribution in [0.1, 0.15) is 25.7 Å². The van der Waals surface area contributed by atoms with Gasteiger partial charge in [0.1, 0.15) is 11.5 Å². The summed E-state index contributed by atoms with van der Waals surface area (Å²) >= 11 is 0. The number of hydrogen-bond acceptors (Lipinski definition) is 8. The van der Waals surface area contributed by atoms with E-state index in [0.717, 1.165) is 63.1 Å². The third kappa shape index (κ3) is 4.17. The second-order valence-corrected chi connectivity index (χ2v) is 7.91. The smallest absolute Gasteiger partial charge is 0.232 e. The van der Waals surface area contributed by atoms with Gasteiger partial charge in [0.2, 0.25) is 11.8 Å². The summed E-state index contributed by atoms with van der Waals surface area (Å²) in [6.07, 6.45) is 5.67. The molecule has 1 aliphatic carbocycles. The lowest BCUT2D eigenvalue weighted by molar-refractivity contribution is 0.122. The summed E-state index contributed by atoms with van der Waals surface area (Å²) in [6, 6.07) is 8.56. The molecular weight excluding hydrogens is 382 g/mol. The van der Waals surface area contributed by atoms with Gasteiger partial charge in [0.25, 0.3) is 0 Å². The van der Waals surface area contributed by atoms with E-state index in [1.54, 1.807) is 6.20 Å². The molecule has 1 aromatic carbocycles. The minimum Gasteiger partial charge on any atom is -0.474 e. The first-order valence-electron chi connectivity index (χ1n) is 10.6. The number of H-pyrrole nitrogens is 1. The van der Waals surface area contributed by atoms with E-state index >= 15 is 0 Å². The van der Waals surface area contributed by atoms with Crippen molar-refractivity contribution >= 4 is 28.4 Å². The number of benzene rings is 1. The Morgan fingerprint density at radius 1 is 1.07 bits per heavy atom. The molecule has 0 amide bonds. The van der Waals surface area contributed by atoms with Gasteiger partial charge < -0.3 is 25.4 Å². The molecule has 2 fully saturated rings. The maximum absolute atomic E-state index is 6.23. The number of aromatic amines is 1. The first-order chi connectivity index (χ1) is 14.7. The maximum Gasteiger partial charge on any atom is 0.232 e. The molecule has 5 rings (SSSR count). The average Bonchev–Trinajstić information content (AvgIpc) is 3.25. The van der Waals surface area contributed by atoms with Gasteiger partial charge in [0, 0.05) is 30.5 Å². The van der Waals surface area contributed by atoms with Crippen molar-refractivity contribution in [2.24, 2.45) is 5.73 Å². The highest BCUT2D eigenvalue weighted by Gasteiger charge is 2.22. The molecule has 30 heavy (non-hydrogen) atoms. The Bertz CT molecular complexity index is 977. The van der Waals surface area contributed by atoms with Crippen LogP contribution in [0, 0.1) is 0 Å². The van der Waals surface area contributed by atoms with Crippen LogP contribution in [0.4, 0.5) is 17.3 Å². The summed E-state index contributed by atoms with van der Waals surface area (Å²) in [5, 5.41) is 11.1. The third-order valence-corrected chi connectivity index (χ3v) is 5.77. The van der Waals surface area contributed by atoms with Crippen molar-refractivity contribution in [3.8, 4) is 5.88 Å². The van der Waals surface area contributed by atoms with Crippen LogP contribution >= 0.6 is 0 Å². The highest BCUT2D eigenvalue weighted by atomic mass is 16.5. The normalized spacial score (nSPS) is 22.2. The number of rotatable bonds is 5. The van der Waals surface area contributed by atoms with Gasteiger partial charge in [-0.05, 0) is 49.9 Å². The zero-order valence-electron chi connectivity index (χ0n) is 16.9. The molecule has 0 radical (unpaired) electrons. The number of fused-ring (bicyclic) bond motifs is 1. The first-order valence-corrected chi connectivity index (χ1v) is 10.6. The number of nitrogens with one attached hydrogen (secondary N) is 2. The van der Waals surface area contributed by atoms with Crippen LogP contribution in [0.25, 0.3) is 11.0 Å². The Balaban J connectivity index is 1.33. The molecule has 0 bridgehead atoms. The number of morpholine rings is 1. The molecular formula is C21H27N7O2. The minimum absolute atomic E-state index is 0.124. The Labute approximate surface area is 175 Å². The standard InChI is InChI=1S/C21H27N7O2/c22-14-1-7-17(8-2-14)30-20-18-13-23-27-19(18)25-21(26-20)24-15-3-5-16(6-4-15)28-9-11-29-12-10-28/h3-6,13-14,17H,1-2,7-12,22H2,(H2,23,24,25,26,27).